The zero-order valence-corrected chi connectivity index (χ0v) is 28.4. The minimum Gasteiger partial charge on any atom is -0.872 e. The number of nitrogens with one attached hydrogen (secondary N) is 1. The van der Waals surface area contributed by atoms with E-state index in [9.17, 15) is 50.8 Å². The van der Waals surface area contributed by atoms with Crippen LogP contribution in [0.5, 0.6) is 11.5 Å². The molecule has 0 bridgehead atoms. The van der Waals surface area contributed by atoms with Crippen LogP contribution in [0.15, 0.2) is 55.1 Å². The third-order valence-corrected chi connectivity index (χ3v) is 5.96. The van der Waals surface area contributed by atoms with Crippen LogP contribution in [-0.4, -0.2) is 41.7 Å². The Morgan fingerprint density at radius 3 is 2.03 bits per heavy atom. The average Bonchev–Trinajstić information content (AvgIpc) is 2.99. The summed E-state index contributed by atoms with van der Waals surface area (Å²) < 4.78 is 68.4. The van der Waals surface area contributed by atoms with Crippen molar-refractivity contribution in [2.24, 2.45) is 10.2 Å². The smallest absolute Gasteiger partial charge is 0.872 e. The second-order valence-corrected chi connectivity index (χ2v) is 9.30. The number of hydrogen-bond acceptors (Lipinski definition) is 13. The maximum atomic E-state index is 12.7. The molecule has 1 heterocycles. The molecule has 1 radical (unpaired) electrons. The van der Waals surface area contributed by atoms with E-state index in [-0.39, 0.29) is 123 Å². The van der Waals surface area contributed by atoms with Gasteiger partial charge in [0.05, 0.1) is 27.9 Å². The number of aromatic amines is 1. The van der Waals surface area contributed by atoms with Crippen molar-refractivity contribution < 1.29 is 152 Å². The summed E-state index contributed by atoms with van der Waals surface area (Å²) >= 11 is 0. The van der Waals surface area contributed by atoms with Crippen molar-refractivity contribution in [2.75, 3.05) is 0 Å². The van der Waals surface area contributed by atoms with E-state index in [1.165, 1.54) is 6.92 Å². The number of aromatic carboxylic acids is 1. The van der Waals surface area contributed by atoms with Gasteiger partial charge in [-0.3, -0.25) is 9.89 Å². The summed E-state index contributed by atoms with van der Waals surface area (Å²) in [5.41, 5.74) is -3.36. The molecule has 3 aromatic rings. The molecule has 15 nitrogen and oxygen atoms in total. The second-order valence-electron chi connectivity index (χ2n) is 6.57. The summed E-state index contributed by atoms with van der Waals surface area (Å²) in [5.74, 6) is -4.23. The van der Waals surface area contributed by atoms with Gasteiger partial charge in [-0.05, 0) is 36.8 Å². The summed E-state index contributed by atoms with van der Waals surface area (Å²) in [7, 11) is -10.8. The van der Waals surface area contributed by atoms with E-state index in [0.29, 0.717) is 6.07 Å². The summed E-state index contributed by atoms with van der Waals surface area (Å²) in [6, 6.07) is 3.29. The fraction of sp³-hybridized carbons (Fsp3) is 0.0588. The molecular weight excluding hydrogens is 633 g/mol. The fourth-order valence-electron chi connectivity index (χ4n) is 2.73. The first-order chi connectivity index (χ1) is 15.6. The maximum Gasteiger partial charge on any atom is 2.00 e. The standard InChI is InChI=1S/C17H14N4O11S2.Cu.3Na/c1-7-14(16(24)21(20-7)8-2-3-12(22)10(4-8)17(25)26)19-18-11-5-9(33(27,28)29)6-13(15(11)23)34(30,31)32;;;;/h2-6,20,22-23H,1H3,(H,25,26)(H,27,28,29)(H,30,31,32);;;;/q;+2;3*+1/p-5. The third kappa shape index (κ3) is 8.73. The molecule has 0 fully saturated rings. The number of carboxylic acid groups (broad SMARTS) is 1. The molecule has 0 aliphatic carbocycles. The monoisotopic (exact) mass is 641 g/mol. The Balaban J connectivity index is 0. The van der Waals surface area contributed by atoms with Gasteiger partial charge >= 0.3 is 106 Å². The van der Waals surface area contributed by atoms with Crippen LogP contribution in [0, 0.1) is 6.92 Å². The molecule has 1 N–H and O–H groups in total. The van der Waals surface area contributed by atoms with E-state index in [0.717, 1.165) is 22.9 Å². The molecule has 38 heavy (non-hydrogen) atoms. The molecule has 2 aromatic carbocycles. The molecular formula is C17H9CuN4Na3O11S2. The van der Waals surface area contributed by atoms with E-state index >= 15 is 0 Å². The van der Waals surface area contributed by atoms with Crippen molar-refractivity contribution in [3.05, 3.63) is 51.9 Å². The minimum absolute atomic E-state index is 0. The van der Waals surface area contributed by atoms with Gasteiger partial charge in [-0.1, -0.05) is 17.6 Å². The van der Waals surface area contributed by atoms with Crippen molar-refractivity contribution >= 4 is 37.6 Å². The van der Waals surface area contributed by atoms with Crippen LogP contribution in [0.4, 0.5) is 11.4 Å². The Hall–Kier alpha value is -0.541. The SMILES string of the molecule is Cc1[nH]n(-c2ccc([O-])c(C(=O)[O-])c2)c(=O)c1N=Nc1cc(S(=O)(=O)[O-])cc(S(=O)(=O)[O-])c1[O-].[Cu+2].[Na+].[Na+].[Na+]. The van der Waals surface area contributed by atoms with Crippen molar-refractivity contribution in [1.82, 2.24) is 9.78 Å². The largest absolute Gasteiger partial charge is 2.00 e. The van der Waals surface area contributed by atoms with Crippen molar-refractivity contribution in [1.29, 1.82) is 0 Å². The van der Waals surface area contributed by atoms with Gasteiger partial charge in [0.25, 0.3) is 5.56 Å². The van der Waals surface area contributed by atoms with Crippen LogP contribution in [0.2, 0.25) is 0 Å². The van der Waals surface area contributed by atoms with Gasteiger partial charge in [0.1, 0.15) is 20.2 Å². The predicted octanol–water partition coefficient (Wildman–Crippen LogP) is -10.8. The zero-order valence-electron chi connectivity index (χ0n) is 19.8. The molecule has 0 aliphatic rings. The molecule has 1 aromatic heterocycles. The first-order valence-electron chi connectivity index (χ1n) is 8.64. The van der Waals surface area contributed by atoms with E-state index in [1.54, 1.807) is 0 Å². The van der Waals surface area contributed by atoms with Gasteiger partial charge in [0.15, 0.2) is 5.69 Å². The summed E-state index contributed by atoms with van der Waals surface area (Å²) in [4.78, 5) is 20.9. The van der Waals surface area contributed by atoms with E-state index < -0.39 is 70.0 Å². The predicted molar refractivity (Wildman–Crippen MR) is 101 cm³/mol. The summed E-state index contributed by atoms with van der Waals surface area (Å²) in [6.07, 6.45) is 0. The molecule has 0 unspecified atom stereocenters. The first-order valence-corrected chi connectivity index (χ1v) is 11.5. The van der Waals surface area contributed by atoms with Gasteiger partial charge in [-0.2, -0.15) is 5.11 Å². The number of aryl methyl sites for hydroxylation is 1. The number of carboxylic acids is 1. The van der Waals surface area contributed by atoms with Crippen LogP contribution in [0.3, 0.4) is 0 Å². The van der Waals surface area contributed by atoms with Gasteiger partial charge in [-0.15, -0.1) is 5.11 Å². The Kier molecular flexibility index (Phi) is 15.5. The average molecular weight is 642 g/mol. The van der Waals surface area contributed by atoms with Crippen molar-refractivity contribution in [3.63, 3.8) is 0 Å². The Morgan fingerprint density at radius 2 is 1.53 bits per heavy atom. The number of H-pyrrole nitrogens is 1. The number of carbonyl (C=O) groups is 1. The number of benzene rings is 2. The first kappa shape index (κ1) is 39.6. The van der Waals surface area contributed by atoms with Crippen LogP contribution < -0.4 is 110 Å². The van der Waals surface area contributed by atoms with Gasteiger partial charge in [0.2, 0.25) is 0 Å². The number of aromatic nitrogens is 2. The van der Waals surface area contributed by atoms with E-state index in [2.05, 4.69) is 15.3 Å². The molecule has 0 spiro atoms. The molecule has 0 saturated heterocycles. The molecule has 0 atom stereocenters. The molecule has 0 saturated carbocycles. The number of rotatable bonds is 6. The van der Waals surface area contributed by atoms with Crippen LogP contribution >= 0.6 is 0 Å². The molecule has 0 aliphatic heterocycles. The van der Waals surface area contributed by atoms with Gasteiger partial charge in [0, 0.05) is 4.90 Å². The summed E-state index contributed by atoms with van der Waals surface area (Å²) in [6.45, 7) is 1.30. The fourth-order valence-corrected chi connectivity index (χ4v) is 3.92. The van der Waals surface area contributed by atoms with Crippen molar-refractivity contribution in [3.8, 4) is 17.2 Å². The zero-order chi connectivity index (χ0) is 25.6. The van der Waals surface area contributed by atoms with E-state index in [1.807, 2.05) is 0 Å². The Bertz CT molecular complexity index is 1660. The van der Waals surface area contributed by atoms with Gasteiger partial charge < -0.3 is 29.2 Å². The van der Waals surface area contributed by atoms with Crippen LogP contribution in [0.1, 0.15) is 16.1 Å². The Labute approximate surface area is 291 Å². The molecule has 3 rings (SSSR count). The Morgan fingerprint density at radius 1 is 0.947 bits per heavy atom. The maximum absolute atomic E-state index is 12.7. The summed E-state index contributed by atoms with van der Waals surface area (Å²) in [5, 5.41) is 44.2. The van der Waals surface area contributed by atoms with E-state index in [4.69, 9.17) is 0 Å². The van der Waals surface area contributed by atoms with Crippen molar-refractivity contribution in [2.45, 2.75) is 16.7 Å². The molecule has 0 amide bonds. The number of carbonyl (C=O) groups excluding carboxylic acids is 1. The quantitative estimate of drug-likeness (QED) is 0.150. The van der Waals surface area contributed by atoms with Crippen LogP contribution in [0.25, 0.3) is 5.69 Å². The van der Waals surface area contributed by atoms with Crippen LogP contribution in [-0.2, 0) is 37.3 Å². The molecule has 189 valence electrons. The normalized spacial score (nSPS) is 11.0. The molecule has 21 heteroatoms. The second kappa shape index (κ2) is 14.9. The number of hydrogen-bond donors (Lipinski definition) is 1. The topological polar surface area (TPSA) is 263 Å². The number of azo groups is 1. The third-order valence-electron chi connectivity index (χ3n) is 4.31. The number of nitrogens with zero attached hydrogens (tertiary/aromatic N) is 3. The minimum atomic E-state index is -5.50. The van der Waals surface area contributed by atoms with Gasteiger partial charge in [-0.25, -0.2) is 21.5 Å².